The molecule has 0 unspecified atom stereocenters. The number of hydrogen-bond donors (Lipinski definition) is 1. The van der Waals surface area contributed by atoms with Crippen molar-refractivity contribution in [1.82, 2.24) is 4.98 Å². The molecule has 0 saturated heterocycles. The summed E-state index contributed by atoms with van der Waals surface area (Å²) in [6.45, 7) is 1.50. The first kappa shape index (κ1) is 16.2. The van der Waals surface area contributed by atoms with Crippen molar-refractivity contribution >= 4 is 40.8 Å². The van der Waals surface area contributed by atoms with Crippen molar-refractivity contribution in [2.24, 2.45) is 0 Å². The molecule has 1 heterocycles. The number of aromatic carboxylic acids is 1. The minimum absolute atomic E-state index is 0.0655. The van der Waals surface area contributed by atoms with Crippen LogP contribution in [0.1, 0.15) is 26.3 Å². The molecule has 1 amide bonds. The van der Waals surface area contributed by atoms with Gasteiger partial charge in [-0.2, -0.15) is 0 Å². The summed E-state index contributed by atoms with van der Waals surface area (Å²) in [5, 5.41) is 12.7. The van der Waals surface area contributed by atoms with Crippen LogP contribution >= 0.6 is 23.2 Å². The molecule has 114 valence electrons. The summed E-state index contributed by atoms with van der Waals surface area (Å²) in [6, 6.07) is 5.13. The molecule has 1 N–H and O–H groups in total. The van der Waals surface area contributed by atoms with E-state index in [4.69, 9.17) is 23.2 Å². The van der Waals surface area contributed by atoms with Gasteiger partial charge >= 0.3 is 0 Å². The maximum absolute atomic E-state index is 13.4. The molecular formula is C14H8Cl2FN2O3-. The maximum atomic E-state index is 13.4. The van der Waals surface area contributed by atoms with Crippen molar-refractivity contribution in [1.29, 1.82) is 0 Å². The lowest BCUT2D eigenvalue weighted by Crippen LogP contribution is -2.24. The van der Waals surface area contributed by atoms with Crippen molar-refractivity contribution in [2.75, 3.05) is 5.32 Å². The number of carbonyl (C=O) groups is 2. The number of rotatable bonds is 3. The lowest BCUT2D eigenvalue weighted by Gasteiger charge is -2.13. The Labute approximate surface area is 134 Å². The second kappa shape index (κ2) is 6.29. The van der Waals surface area contributed by atoms with Gasteiger partial charge in [-0.1, -0.05) is 35.3 Å². The highest BCUT2D eigenvalue weighted by Gasteiger charge is 2.17. The van der Waals surface area contributed by atoms with Crippen molar-refractivity contribution in [2.45, 2.75) is 6.92 Å². The molecule has 5 nitrogen and oxygen atoms in total. The second-order valence-corrected chi connectivity index (χ2v) is 5.04. The Bertz CT molecular complexity index is 781. The van der Waals surface area contributed by atoms with Gasteiger partial charge in [-0.15, -0.1) is 0 Å². The number of carboxylic acids is 1. The number of carboxylic acid groups (broad SMARTS) is 1. The third-order valence-electron chi connectivity index (χ3n) is 2.93. The average Bonchev–Trinajstić information content (AvgIpc) is 2.44. The van der Waals surface area contributed by atoms with Crippen molar-refractivity contribution in [3.8, 4) is 0 Å². The Morgan fingerprint density at radius 1 is 1.23 bits per heavy atom. The quantitative estimate of drug-likeness (QED) is 0.869. The molecule has 8 heteroatoms. The van der Waals surface area contributed by atoms with Crippen LogP contribution in [0, 0.1) is 12.7 Å². The van der Waals surface area contributed by atoms with Crippen LogP contribution in [0.4, 0.5) is 10.1 Å². The van der Waals surface area contributed by atoms with E-state index in [0.29, 0.717) is 5.56 Å². The number of nitrogens with zero attached hydrogens (tertiary/aromatic N) is 1. The van der Waals surface area contributed by atoms with E-state index < -0.39 is 22.8 Å². The molecule has 0 aliphatic rings. The Kier molecular flexibility index (Phi) is 4.63. The Morgan fingerprint density at radius 2 is 1.91 bits per heavy atom. The minimum atomic E-state index is -1.37. The molecule has 1 aromatic heterocycles. The number of hydrogen-bond acceptors (Lipinski definition) is 4. The highest BCUT2D eigenvalue weighted by molar-refractivity contribution is 6.35. The SMILES string of the molecule is Cc1c(NC(=O)c2cc(F)c(Cl)nc2Cl)cccc1C(=O)[O-]. The van der Waals surface area contributed by atoms with E-state index in [0.717, 1.165) is 6.07 Å². The monoisotopic (exact) mass is 341 g/mol. The van der Waals surface area contributed by atoms with Crippen LogP contribution in [-0.4, -0.2) is 16.9 Å². The van der Waals surface area contributed by atoms with Crippen molar-refractivity contribution in [3.63, 3.8) is 0 Å². The normalized spacial score (nSPS) is 10.4. The summed E-state index contributed by atoms with van der Waals surface area (Å²) in [6.07, 6.45) is 0. The predicted octanol–water partition coefficient (Wildman–Crippen LogP) is 2.45. The van der Waals surface area contributed by atoms with E-state index in [1.165, 1.54) is 25.1 Å². The first-order valence-electron chi connectivity index (χ1n) is 5.95. The number of amides is 1. The first-order valence-corrected chi connectivity index (χ1v) is 6.70. The van der Waals surface area contributed by atoms with Crippen LogP contribution in [0.5, 0.6) is 0 Å². The third kappa shape index (κ3) is 3.18. The number of anilines is 1. The van der Waals surface area contributed by atoms with Gasteiger partial charge in [0.25, 0.3) is 5.91 Å². The standard InChI is InChI=1S/C14H9Cl2FN2O3/c1-6-7(14(21)22)3-2-4-10(6)18-13(20)8-5-9(17)12(16)19-11(8)15/h2-5H,1H3,(H,18,20)(H,21,22)/p-1. The number of halogens is 3. The molecular weight excluding hydrogens is 334 g/mol. The molecule has 0 saturated carbocycles. The van der Waals surface area contributed by atoms with Crippen LogP contribution in [0.3, 0.4) is 0 Å². The Morgan fingerprint density at radius 3 is 2.55 bits per heavy atom. The molecule has 0 bridgehead atoms. The fourth-order valence-electron chi connectivity index (χ4n) is 1.79. The topological polar surface area (TPSA) is 82.1 Å². The third-order valence-corrected chi connectivity index (χ3v) is 3.49. The molecule has 2 aromatic rings. The van der Waals surface area contributed by atoms with Crippen molar-refractivity contribution in [3.05, 3.63) is 57.1 Å². The van der Waals surface area contributed by atoms with E-state index in [2.05, 4.69) is 10.3 Å². The molecule has 0 atom stereocenters. The minimum Gasteiger partial charge on any atom is -0.545 e. The van der Waals surface area contributed by atoms with E-state index >= 15 is 0 Å². The molecule has 0 aliphatic carbocycles. The zero-order valence-corrected chi connectivity index (χ0v) is 12.6. The van der Waals surface area contributed by atoms with Gasteiger partial charge in [-0.3, -0.25) is 4.79 Å². The molecule has 0 aliphatic heterocycles. The molecule has 22 heavy (non-hydrogen) atoms. The summed E-state index contributed by atoms with van der Waals surface area (Å²) < 4.78 is 13.4. The first-order chi connectivity index (χ1) is 10.3. The summed E-state index contributed by atoms with van der Waals surface area (Å²) in [5.41, 5.74) is 0.249. The van der Waals surface area contributed by atoms with Gasteiger partial charge in [-0.25, -0.2) is 9.37 Å². The number of carbonyl (C=O) groups excluding carboxylic acids is 2. The Balaban J connectivity index is 2.36. The fraction of sp³-hybridized carbons (Fsp3) is 0.0714. The largest absolute Gasteiger partial charge is 0.545 e. The summed E-state index contributed by atoms with van der Waals surface area (Å²) in [7, 11) is 0. The Hall–Kier alpha value is -2.18. The van der Waals surface area contributed by atoms with Crippen LogP contribution in [0.2, 0.25) is 10.3 Å². The summed E-state index contributed by atoms with van der Waals surface area (Å²) in [5.74, 6) is -3.01. The van der Waals surface area contributed by atoms with Gasteiger partial charge in [-0.05, 0) is 24.6 Å². The van der Waals surface area contributed by atoms with Crippen LogP contribution in [0.25, 0.3) is 0 Å². The number of nitrogens with one attached hydrogen (secondary N) is 1. The van der Waals surface area contributed by atoms with Crippen LogP contribution < -0.4 is 10.4 Å². The number of aromatic nitrogens is 1. The molecule has 0 fully saturated rings. The fourth-order valence-corrected chi connectivity index (χ4v) is 2.19. The van der Waals surface area contributed by atoms with E-state index in [9.17, 15) is 19.1 Å². The van der Waals surface area contributed by atoms with Crippen LogP contribution in [-0.2, 0) is 0 Å². The van der Waals surface area contributed by atoms with Gasteiger partial charge in [0.15, 0.2) is 11.0 Å². The molecule has 0 radical (unpaired) electrons. The van der Waals surface area contributed by atoms with Gasteiger partial charge < -0.3 is 15.2 Å². The molecule has 0 spiro atoms. The zero-order chi connectivity index (χ0) is 16.4. The van der Waals surface area contributed by atoms with E-state index in [1.807, 2.05) is 0 Å². The van der Waals surface area contributed by atoms with E-state index in [-0.39, 0.29) is 22.0 Å². The summed E-state index contributed by atoms with van der Waals surface area (Å²) in [4.78, 5) is 26.6. The highest BCUT2D eigenvalue weighted by Crippen LogP contribution is 2.23. The number of benzene rings is 1. The van der Waals surface area contributed by atoms with Gasteiger partial charge in [0.05, 0.1) is 11.5 Å². The highest BCUT2D eigenvalue weighted by atomic mass is 35.5. The lowest BCUT2D eigenvalue weighted by atomic mass is 10.1. The summed E-state index contributed by atoms with van der Waals surface area (Å²) >= 11 is 11.2. The maximum Gasteiger partial charge on any atom is 0.258 e. The zero-order valence-electron chi connectivity index (χ0n) is 11.1. The van der Waals surface area contributed by atoms with Gasteiger partial charge in [0, 0.05) is 11.3 Å². The van der Waals surface area contributed by atoms with Crippen molar-refractivity contribution < 1.29 is 19.1 Å². The van der Waals surface area contributed by atoms with Crippen LogP contribution in [0.15, 0.2) is 24.3 Å². The average molecular weight is 342 g/mol. The lowest BCUT2D eigenvalue weighted by molar-refractivity contribution is -0.255. The van der Waals surface area contributed by atoms with Gasteiger partial charge in [0.1, 0.15) is 5.15 Å². The van der Waals surface area contributed by atoms with Gasteiger partial charge in [0.2, 0.25) is 0 Å². The number of pyridine rings is 1. The molecule has 2 rings (SSSR count). The smallest absolute Gasteiger partial charge is 0.258 e. The second-order valence-electron chi connectivity index (χ2n) is 4.32. The predicted molar refractivity (Wildman–Crippen MR) is 77.7 cm³/mol. The molecule has 1 aromatic carbocycles. The van der Waals surface area contributed by atoms with E-state index in [1.54, 1.807) is 0 Å².